The van der Waals surface area contributed by atoms with Gasteiger partial charge >= 0.3 is 0 Å². The molecule has 3 heterocycles. The number of fused-ring (bicyclic) bond motifs is 3. The molecule has 2 bridgehead atoms. The summed E-state index contributed by atoms with van der Waals surface area (Å²) in [6.45, 7) is 1.01. The molecule has 6 heteroatoms. The van der Waals surface area contributed by atoms with Crippen LogP contribution < -0.4 is 10.6 Å². The maximum absolute atomic E-state index is 12.5. The lowest BCUT2D eigenvalue weighted by molar-refractivity contribution is 0.0919. The third kappa shape index (κ3) is 2.22. The predicted octanol–water partition coefficient (Wildman–Crippen LogP) is 2.03. The summed E-state index contributed by atoms with van der Waals surface area (Å²) in [6.07, 6.45) is 5.78. The van der Waals surface area contributed by atoms with Gasteiger partial charge in [0.15, 0.2) is 5.58 Å². The number of thioether (sulfide) groups is 1. The average Bonchev–Trinajstić information content (AvgIpc) is 3.21. The Labute approximate surface area is 126 Å². The molecule has 0 radical (unpaired) electrons. The summed E-state index contributed by atoms with van der Waals surface area (Å²) in [4.78, 5) is 16.9. The molecule has 0 aromatic carbocycles. The van der Waals surface area contributed by atoms with Gasteiger partial charge in [-0.05, 0) is 37.1 Å². The molecule has 1 saturated carbocycles. The number of rotatable bonds is 3. The van der Waals surface area contributed by atoms with Gasteiger partial charge in [-0.25, -0.2) is 4.98 Å². The molecule has 2 aromatic heterocycles. The van der Waals surface area contributed by atoms with E-state index in [-0.39, 0.29) is 11.9 Å². The van der Waals surface area contributed by atoms with Crippen molar-refractivity contribution in [2.75, 3.05) is 12.8 Å². The predicted molar refractivity (Wildman–Crippen MR) is 81.6 cm³/mol. The smallest absolute Gasteiger partial charge is 0.270 e. The van der Waals surface area contributed by atoms with E-state index < -0.39 is 0 Å². The fraction of sp³-hybridized carbons (Fsp3) is 0.467. The van der Waals surface area contributed by atoms with Crippen LogP contribution in [0.1, 0.15) is 23.3 Å². The van der Waals surface area contributed by atoms with Crippen molar-refractivity contribution in [3.05, 3.63) is 24.1 Å². The second kappa shape index (κ2) is 5.03. The van der Waals surface area contributed by atoms with Gasteiger partial charge in [0.2, 0.25) is 0 Å². The number of carbonyl (C=O) groups excluding carboxylic acids is 1. The summed E-state index contributed by atoms with van der Waals surface area (Å²) < 4.78 is 5.43. The number of amides is 1. The minimum atomic E-state index is -0.0778. The second-order valence-electron chi connectivity index (χ2n) is 5.77. The Kier molecular flexibility index (Phi) is 3.15. The molecule has 2 aliphatic rings. The molecule has 21 heavy (non-hydrogen) atoms. The zero-order chi connectivity index (χ0) is 14.4. The first-order chi connectivity index (χ1) is 10.2. The number of carbonyl (C=O) groups is 1. The first kappa shape index (κ1) is 13.2. The van der Waals surface area contributed by atoms with Gasteiger partial charge in [0, 0.05) is 24.0 Å². The minimum Gasteiger partial charge on any atom is -0.461 e. The Morgan fingerprint density at radius 1 is 1.52 bits per heavy atom. The number of furan rings is 1. The van der Waals surface area contributed by atoms with Crippen LogP contribution in [0.5, 0.6) is 0 Å². The van der Waals surface area contributed by atoms with E-state index in [0.717, 1.165) is 29.0 Å². The summed E-state index contributed by atoms with van der Waals surface area (Å²) in [5.74, 6) is 0.488. The van der Waals surface area contributed by atoms with Gasteiger partial charge in [-0.1, -0.05) is 0 Å². The molecular weight excluding hydrogens is 286 g/mol. The monoisotopic (exact) mass is 303 g/mol. The number of nitrogens with one attached hydrogen (secondary N) is 2. The molecule has 4 rings (SSSR count). The van der Waals surface area contributed by atoms with E-state index in [1.54, 1.807) is 12.3 Å². The van der Waals surface area contributed by atoms with E-state index in [9.17, 15) is 4.79 Å². The van der Waals surface area contributed by atoms with E-state index in [1.807, 2.05) is 12.3 Å². The molecule has 1 amide bonds. The highest BCUT2D eigenvalue weighted by Gasteiger charge is 2.40. The van der Waals surface area contributed by atoms with Gasteiger partial charge in [0.05, 0.1) is 6.26 Å². The van der Waals surface area contributed by atoms with Gasteiger partial charge < -0.3 is 15.1 Å². The highest BCUT2D eigenvalue weighted by atomic mass is 32.2. The van der Waals surface area contributed by atoms with Crippen molar-refractivity contribution in [2.45, 2.75) is 30.0 Å². The van der Waals surface area contributed by atoms with E-state index in [4.69, 9.17) is 4.42 Å². The Bertz CT molecular complexity index is 699. The molecular formula is C15H17N3O2S. The topological polar surface area (TPSA) is 67.2 Å². The molecule has 1 aliphatic heterocycles. The van der Waals surface area contributed by atoms with Crippen molar-refractivity contribution in [3.63, 3.8) is 0 Å². The lowest BCUT2D eigenvalue weighted by atomic mass is 10.0. The number of nitrogens with zero attached hydrogens (tertiary/aromatic N) is 1. The Morgan fingerprint density at radius 2 is 2.43 bits per heavy atom. The third-order valence-corrected chi connectivity index (χ3v) is 5.17. The molecule has 5 nitrogen and oxygen atoms in total. The number of pyridine rings is 1. The van der Waals surface area contributed by atoms with Crippen LogP contribution in [0.4, 0.5) is 0 Å². The van der Waals surface area contributed by atoms with Crippen LogP contribution in [-0.2, 0) is 0 Å². The zero-order valence-corrected chi connectivity index (χ0v) is 12.6. The van der Waals surface area contributed by atoms with Gasteiger partial charge in [-0.3, -0.25) is 4.79 Å². The molecule has 110 valence electrons. The van der Waals surface area contributed by atoms with E-state index in [0.29, 0.717) is 17.7 Å². The number of aromatic nitrogens is 1. The molecule has 2 fully saturated rings. The molecule has 3 atom stereocenters. The molecule has 1 aliphatic carbocycles. The maximum atomic E-state index is 12.5. The van der Waals surface area contributed by atoms with Crippen molar-refractivity contribution < 1.29 is 9.21 Å². The maximum Gasteiger partial charge on any atom is 0.270 e. The lowest BCUT2D eigenvalue weighted by Gasteiger charge is -2.23. The highest BCUT2D eigenvalue weighted by Crippen LogP contribution is 2.31. The van der Waals surface area contributed by atoms with Crippen molar-refractivity contribution in [3.8, 4) is 0 Å². The lowest BCUT2D eigenvalue weighted by Crippen LogP contribution is -2.44. The summed E-state index contributed by atoms with van der Waals surface area (Å²) in [5.41, 5.74) is 1.23. The van der Waals surface area contributed by atoms with Gasteiger partial charge in [0.25, 0.3) is 5.91 Å². The first-order valence-electron chi connectivity index (χ1n) is 7.21. The molecule has 2 N–H and O–H groups in total. The third-order valence-electron chi connectivity index (χ3n) is 4.51. The largest absolute Gasteiger partial charge is 0.461 e. The van der Waals surface area contributed by atoms with E-state index in [1.165, 1.54) is 18.2 Å². The number of piperidine rings is 1. The van der Waals surface area contributed by atoms with Crippen molar-refractivity contribution >= 4 is 28.6 Å². The van der Waals surface area contributed by atoms with E-state index in [2.05, 4.69) is 15.6 Å². The summed E-state index contributed by atoms with van der Waals surface area (Å²) >= 11 is 1.49. The fourth-order valence-corrected chi connectivity index (χ4v) is 4.00. The molecule has 3 unspecified atom stereocenters. The van der Waals surface area contributed by atoms with Crippen molar-refractivity contribution in [1.29, 1.82) is 0 Å². The second-order valence-corrected chi connectivity index (χ2v) is 6.57. The number of hydrogen-bond donors (Lipinski definition) is 2. The normalized spacial score (nSPS) is 27.4. The highest BCUT2D eigenvalue weighted by molar-refractivity contribution is 7.98. The summed E-state index contributed by atoms with van der Waals surface area (Å²) in [5, 5.41) is 8.30. The van der Waals surface area contributed by atoms with Crippen LogP contribution in [0.15, 0.2) is 27.8 Å². The van der Waals surface area contributed by atoms with Crippen molar-refractivity contribution in [1.82, 2.24) is 15.6 Å². The van der Waals surface area contributed by atoms with Gasteiger partial charge in [0.1, 0.15) is 10.7 Å². The Morgan fingerprint density at radius 3 is 3.14 bits per heavy atom. The van der Waals surface area contributed by atoms with Crippen LogP contribution in [0.3, 0.4) is 0 Å². The SMILES string of the molecule is CSc1nc(C(=O)NC2CC3CC2CN3)cc2ccoc12. The summed E-state index contributed by atoms with van der Waals surface area (Å²) in [6, 6.07) is 4.53. The van der Waals surface area contributed by atoms with Crippen LogP contribution >= 0.6 is 11.8 Å². The van der Waals surface area contributed by atoms with Gasteiger partial charge in [-0.2, -0.15) is 0 Å². The molecule has 1 saturated heterocycles. The fourth-order valence-electron chi connectivity index (χ4n) is 3.46. The summed E-state index contributed by atoms with van der Waals surface area (Å²) in [7, 11) is 0. The first-order valence-corrected chi connectivity index (χ1v) is 8.43. The number of hydrogen-bond acceptors (Lipinski definition) is 5. The average molecular weight is 303 g/mol. The van der Waals surface area contributed by atoms with Crippen molar-refractivity contribution in [2.24, 2.45) is 5.92 Å². The zero-order valence-electron chi connectivity index (χ0n) is 11.8. The standard InChI is InChI=1S/C15H17N3O2S/c1-21-15-13-8(2-3-20-13)5-12(18-15)14(19)17-11-6-10-4-9(11)7-16-10/h2-3,5,9-11,16H,4,6-7H2,1H3,(H,17,19). The van der Waals surface area contributed by atoms with E-state index >= 15 is 0 Å². The van der Waals surface area contributed by atoms with Crippen LogP contribution in [-0.4, -0.2) is 35.8 Å². The van der Waals surface area contributed by atoms with Crippen LogP contribution in [0.2, 0.25) is 0 Å². The molecule has 0 spiro atoms. The van der Waals surface area contributed by atoms with Gasteiger partial charge in [-0.15, -0.1) is 11.8 Å². The van der Waals surface area contributed by atoms with Crippen LogP contribution in [0.25, 0.3) is 11.0 Å². The Hall–Kier alpha value is -1.53. The van der Waals surface area contributed by atoms with Crippen LogP contribution in [0, 0.1) is 5.92 Å². The quantitative estimate of drug-likeness (QED) is 0.849. The minimum absolute atomic E-state index is 0.0778. The molecule has 2 aromatic rings. The Balaban J connectivity index is 1.59.